The Morgan fingerprint density at radius 2 is 1.27 bits per heavy atom. The number of para-hydroxylation sites is 1. The van der Waals surface area contributed by atoms with Gasteiger partial charge < -0.3 is 29.6 Å². The summed E-state index contributed by atoms with van der Waals surface area (Å²) in [5.74, 6) is 2.09. The van der Waals surface area contributed by atoms with Crippen LogP contribution < -0.4 is 29.6 Å². The van der Waals surface area contributed by atoms with Crippen molar-refractivity contribution in [1.29, 1.82) is 0 Å². The number of nitrogens with one attached hydrogen (secondary N) is 2. The van der Waals surface area contributed by atoms with Crippen LogP contribution in [0.4, 0.5) is 11.4 Å². The van der Waals surface area contributed by atoms with Gasteiger partial charge in [0.15, 0.2) is 18.1 Å². The van der Waals surface area contributed by atoms with Crippen LogP contribution in [0.3, 0.4) is 0 Å². The number of carbonyl (C=O) groups is 2. The van der Waals surface area contributed by atoms with Gasteiger partial charge in [-0.05, 0) is 78.9 Å². The Hall–Kier alpha value is -4.98. The molecule has 4 aromatic carbocycles. The van der Waals surface area contributed by atoms with E-state index in [2.05, 4.69) is 10.6 Å². The van der Waals surface area contributed by atoms with Crippen LogP contribution in [0.25, 0.3) is 0 Å². The summed E-state index contributed by atoms with van der Waals surface area (Å²) in [6.07, 6.45) is 0. The number of ether oxygens (including phenoxy) is 4. The summed E-state index contributed by atoms with van der Waals surface area (Å²) in [5.41, 5.74) is 1.60. The Morgan fingerprint density at radius 3 is 1.92 bits per heavy atom. The molecule has 0 aliphatic carbocycles. The van der Waals surface area contributed by atoms with E-state index in [1.165, 1.54) is 7.11 Å². The van der Waals surface area contributed by atoms with E-state index >= 15 is 0 Å². The van der Waals surface area contributed by atoms with Crippen LogP contribution in [-0.2, 0) is 4.79 Å². The van der Waals surface area contributed by atoms with Crippen molar-refractivity contribution >= 4 is 23.2 Å². The van der Waals surface area contributed by atoms with E-state index in [9.17, 15) is 9.59 Å². The second kappa shape index (κ2) is 12.1. The molecule has 0 heterocycles. The molecule has 0 atom stereocenters. The molecule has 0 bridgehead atoms. The average molecular weight is 499 g/mol. The van der Waals surface area contributed by atoms with Crippen molar-refractivity contribution in [3.8, 4) is 28.7 Å². The standard InChI is InChI=1S/C29H26N2O6/c1-34-23-13-9-21(10-14-23)30-28(32)19-36-26-17-8-20(18-27(26)35-2)29(33)31-22-11-15-25(16-12-22)37-24-6-4-3-5-7-24/h3-18H,19H2,1-2H3,(H,30,32)(H,31,33). The first kappa shape index (κ1) is 25.1. The average Bonchev–Trinajstić information content (AvgIpc) is 2.94. The van der Waals surface area contributed by atoms with Crippen molar-refractivity contribution in [2.24, 2.45) is 0 Å². The zero-order valence-electron chi connectivity index (χ0n) is 20.4. The molecule has 4 aromatic rings. The molecule has 188 valence electrons. The van der Waals surface area contributed by atoms with Gasteiger partial charge in [0, 0.05) is 16.9 Å². The third-order valence-corrected chi connectivity index (χ3v) is 5.25. The minimum atomic E-state index is -0.339. The van der Waals surface area contributed by atoms with Crippen LogP contribution in [0, 0.1) is 0 Å². The third-order valence-electron chi connectivity index (χ3n) is 5.25. The van der Waals surface area contributed by atoms with Crippen LogP contribution in [0.2, 0.25) is 0 Å². The van der Waals surface area contributed by atoms with E-state index in [-0.39, 0.29) is 18.4 Å². The smallest absolute Gasteiger partial charge is 0.262 e. The van der Waals surface area contributed by atoms with Crippen LogP contribution in [-0.4, -0.2) is 32.6 Å². The summed E-state index contributed by atoms with van der Waals surface area (Å²) in [6.45, 7) is -0.231. The van der Waals surface area contributed by atoms with Crippen molar-refractivity contribution in [2.75, 3.05) is 31.5 Å². The highest BCUT2D eigenvalue weighted by Gasteiger charge is 2.13. The monoisotopic (exact) mass is 498 g/mol. The van der Waals surface area contributed by atoms with Crippen LogP contribution in [0.5, 0.6) is 28.7 Å². The molecule has 0 unspecified atom stereocenters. The Bertz CT molecular complexity index is 1340. The number of hydrogen-bond donors (Lipinski definition) is 2. The molecule has 0 radical (unpaired) electrons. The minimum absolute atomic E-state index is 0.231. The first-order chi connectivity index (χ1) is 18.0. The number of benzene rings is 4. The number of rotatable bonds is 10. The van der Waals surface area contributed by atoms with Gasteiger partial charge in [0.25, 0.3) is 11.8 Å². The zero-order valence-corrected chi connectivity index (χ0v) is 20.4. The van der Waals surface area contributed by atoms with Gasteiger partial charge in [0.1, 0.15) is 17.2 Å². The minimum Gasteiger partial charge on any atom is -0.497 e. The molecule has 0 saturated heterocycles. The van der Waals surface area contributed by atoms with Gasteiger partial charge in [-0.3, -0.25) is 9.59 Å². The second-order valence-corrected chi connectivity index (χ2v) is 7.82. The maximum absolute atomic E-state index is 12.8. The van der Waals surface area contributed by atoms with E-state index in [1.807, 2.05) is 30.3 Å². The first-order valence-electron chi connectivity index (χ1n) is 11.4. The van der Waals surface area contributed by atoms with Gasteiger partial charge in [-0.2, -0.15) is 0 Å². The fourth-order valence-electron chi connectivity index (χ4n) is 3.38. The Labute approximate surface area is 214 Å². The quantitative estimate of drug-likeness (QED) is 0.288. The van der Waals surface area contributed by atoms with Gasteiger partial charge in [0.05, 0.1) is 14.2 Å². The number of carbonyl (C=O) groups excluding carboxylic acids is 2. The Kier molecular flexibility index (Phi) is 8.23. The molecule has 2 N–H and O–H groups in total. The molecule has 0 aromatic heterocycles. The van der Waals surface area contributed by atoms with Crippen LogP contribution >= 0.6 is 0 Å². The number of anilines is 2. The van der Waals surface area contributed by atoms with Gasteiger partial charge in [0.2, 0.25) is 0 Å². The highest BCUT2D eigenvalue weighted by atomic mass is 16.5. The second-order valence-electron chi connectivity index (χ2n) is 7.82. The van der Waals surface area contributed by atoms with Gasteiger partial charge in [-0.1, -0.05) is 18.2 Å². The summed E-state index contributed by atoms with van der Waals surface area (Å²) in [6, 6.07) is 28.2. The molecular weight excluding hydrogens is 472 g/mol. The summed E-state index contributed by atoms with van der Waals surface area (Å²) < 4.78 is 21.9. The Morgan fingerprint density at radius 1 is 0.649 bits per heavy atom. The lowest BCUT2D eigenvalue weighted by Gasteiger charge is -2.13. The molecule has 0 fully saturated rings. The first-order valence-corrected chi connectivity index (χ1v) is 11.4. The molecule has 8 nitrogen and oxygen atoms in total. The van der Waals surface area contributed by atoms with E-state index < -0.39 is 0 Å². The SMILES string of the molecule is COc1ccc(NC(=O)COc2ccc(C(=O)Nc3ccc(Oc4ccccc4)cc3)cc2OC)cc1. The maximum atomic E-state index is 12.8. The third kappa shape index (κ3) is 7.02. The molecular formula is C29H26N2O6. The molecule has 0 spiro atoms. The topological polar surface area (TPSA) is 95.1 Å². The highest BCUT2D eigenvalue weighted by Crippen LogP contribution is 2.29. The van der Waals surface area contributed by atoms with E-state index in [4.69, 9.17) is 18.9 Å². The van der Waals surface area contributed by atoms with Crippen LogP contribution in [0.15, 0.2) is 97.1 Å². The molecule has 4 rings (SSSR count). The van der Waals surface area contributed by atoms with Crippen LogP contribution in [0.1, 0.15) is 10.4 Å². The highest BCUT2D eigenvalue weighted by molar-refractivity contribution is 6.04. The molecule has 2 amide bonds. The lowest BCUT2D eigenvalue weighted by atomic mass is 10.1. The number of methoxy groups -OCH3 is 2. The molecule has 0 saturated carbocycles. The van der Waals surface area contributed by atoms with Crippen molar-refractivity contribution in [3.05, 3.63) is 103 Å². The van der Waals surface area contributed by atoms with E-state index in [0.29, 0.717) is 39.9 Å². The lowest BCUT2D eigenvalue weighted by molar-refractivity contribution is -0.118. The van der Waals surface area contributed by atoms with Gasteiger partial charge in [-0.25, -0.2) is 0 Å². The largest absolute Gasteiger partial charge is 0.497 e. The fraction of sp³-hybridized carbons (Fsp3) is 0.103. The summed E-state index contributed by atoms with van der Waals surface area (Å²) >= 11 is 0. The Balaban J connectivity index is 1.33. The summed E-state index contributed by atoms with van der Waals surface area (Å²) in [5, 5.41) is 5.58. The zero-order chi connectivity index (χ0) is 26.0. The number of amides is 2. The van der Waals surface area contributed by atoms with Crippen molar-refractivity contribution in [1.82, 2.24) is 0 Å². The predicted molar refractivity (Wildman–Crippen MR) is 141 cm³/mol. The van der Waals surface area contributed by atoms with Crippen molar-refractivity contribution in [2.45, 2.75) is 0 Å². The molecule has 0 aliphatic heterocycles. The van der Waals surface area contributed by atoms with Gasteiger partial charge in [-0.15, -0.1) is 0 Å². The summed E-state index contributed by atoms with van der Waals surface area (Å²) in [4.78, 5) is 25.0. The molecule has 8 heteroatoms. The molecule has 37 heavy (non-hydrogen) atoms. The normalized spacial score (nSPS) is 10.2. The van der Waals surface area contributed by atoms with E-state index in [0.717, 1.165) is 5.75 Å². The van der Waals surface area contributed by atoms with Gasteiger partial charge >= 0.3 is 0 Å². The lowest BCUT2D eigenvalue weighted by Crippen LogP contribution is -2.20. The predicted octanol–water partition coefficient (Wildman–Crippen LogP) is 5.77. The fourth-order valence-corrected chi connectivity index (χ4v) is 3.38. The maximum Gasteiger partial charge on any atom is 0.262 e. The van der Waals surface area contributed by atoms with Crippen molar-refractivity contribution < 1.29 is 28.5 Å². The van der Waals surface area contributed by atoms with E-state index in [1.54, 1.807) is 73.8 Å². The van der Waals surface area contributed by atoms with Crippen molar-refractivity contribution in [3.63, 3.8) is 0 Å². The molecule has 0 aliphatic rings. The summed E-state index contributed by atoms with van der Waals surface area (Å²) in [7, 11) is 3.04. The number of hydrogen-bond acceptors (Lipinski definition) is 6.